The van der Waals surface area contributed by atoms with Gasteiger partial charge in [0.25, 0.3) is 0 Å². The van der Waals surface area contributed by atoms with Gasteiger partial charge in [0.2, 0.25) is 0 Å². The molecular weight excluding hydrogens is 413 g/mol. The Kier molecular flexibility index (Phi) is 5.04. The zero-order valence-electron chi connectivity index (χ0n) is 19.0. The molecule has 176 valence electrons. The molecule has 8 atom stereocenters. The van der Waals surface area contributed by atoms with E-state index in [9.17, 15) is 20.0 Å². The molecule has 4 saturated carbocycles. The Balaban J connectivity index is 1.32. The number of aromatic nitrogens is 2. The Bertz CT molecular complexity index is 932. The Morgan fingerprint density at radius 3 is 2.72 bits per heavy atom. The maximum absolute atomic E-state index is 16.4. The van der Waals surface area contributed by atoms with Crippen LogP contribution in [0, 0.1) is 45.1 Å². The van der Waals surface area contributed by atoms with Crippen molar-refractivity contribution in [3.05, 3.63) is 22.5 Å². The summed E-state index contributed by atoms with van der Waals surface area (Å²) < 4.78 is 17.8. The number of ketones is 1. The van der Waals surface area contributed by atoms with Gasteiger partial charge in [-0.2, -0.15) is 5.10 Å². The highest BCUT2D eigenvalue weighted by atomic mass is 19.1. The molecule has 7 nitrogen and oxygen atoms in total. The molecule has 0 unspecified atom stereocenters. The van der Waals surface area contributed by atoms with Gasteiger partial charge in [-0.1, -0.05) is 6.92 Å². The molecule has 1 heterocycles. The minimum atomic E-state index is -1.18. The highest BCUT2D eigenvalue weighted by Gasteiger charge is 2.63. The van der Waals surface area contributed by atoms with Crippen LogP contribution >= 0.6 is 0 Å². The number of aliphatic hydroxyl groups is 1. The topological polar surface area (TPSA) is 98.3 Å². The fourth-order valence-electron chi connectivity index (χ4n) is 8.31. The molecule has 4 aliphatic carbocycles. The molecule has 0 spiro atoms. The van der Waals surface area contributed by atoms with Crippen LogP contribution in [0.5, 0.6) is 0 Å². The van der Waals surface area contributed by atoms with Crippen molar-refractivity contribution in [2.24, 2.45) is 35.0 Å². The molecule has 1 aromatic heterocycles. The van der Waals surface area contributed by atoms with Gasteiger partial charge in [0, 0.05) is 5.92 Å². The first-order valence-electron chi connectivity index (χ1n) is 12.1. The van der Waals surface area contributed by atoms with E-state index < -0.39 is 16.2 Å². The van der Waals surface area contributed by atoms with Gasteiger partial charge < -0.3 is 5.11 Å². The van der Waals surface area contributed by atoms with E-state index in [4.69, 9.17) is 0 Å². The second-order valence-corrected chi connectivity index (χ2v) is 11.6. The zero-order chi connectivity index (χ0) is 22.9. The quantitative estimate of drug-likeness (QED) is 0.542. The smallest absolute Gasteiger partial charge is 0.307 e. The third-order valence-electron chi connectivity index (χ3n) is 9.85. The van der Waals surface area contributed by atoms with Crippen molar-refractivity contribution >= 4 is 11.5 Å². The van der Waals surface area contributed by atoms with E-state index in [0.29, 0.717) is 31.1 Å². The van der Waals surface area contributed by atoms with Crippen LogP contribution < -0.4 is 0 Å². The number of hydrogen-bond donors (Lipinski definition) is 1. The highest BCUT2D eigenvalue weighted by Crippen LogP contribution is 2.66. The summed E-state index contributed by atoms with van der Waals surface area (Å²) in [6.07, 6.45) is 9.28. The first-order valence-corrected chi connectivity index (χ1v) is 12.1. The maximum atomic E-state index is 16.4. The first-order chi connectivity index (χ1) is 15.0. The zero-order valence-corrected chi connectivity index (χ0v) is 19.0. The van der Waals surface area contributed by atoms with Gasteiger partial charge in [0.05, 0.1) is 10.5 Å². The number of hydrogen-bond acceptors (Lipinski definition) is 5. The summed E-state index contributed by atoms with van der Waals surface area (Å²) in [6.45, 7) is 4.12. The van der Waals surface area contributed by atoms with Gasteiger partial charge in [-0.3, -0.25) is 19.6 Å². The number of Topliss-reactive ketones (excluding diaryl/α,β-unsaturated/α-hetero) is 1. The van der Waals surface area contributed by atoms with Crippen molar-refractivity contribution in [2.45, 2.75) is 89.4 Å². The molecule has 0 bridgehead atoms. The van der Waals surface area contributed by atoms with E-state index in [1.165, 1.54) is 17.1 Å². The minimum absolute atomic E-state index is 0.0399. The summed E-state index contributed by atoms with van der Waals surface area (Å²) in [6, 6.07) is 0. The highest BCUT2D eigenvalue weighted by molar-refractivity contribution is 5.82. The van der Waals surface area contributed by atoms with Gasteiger partial charge >= 0.3 is 5.69 Å². The van der Waals surface area contributed by atoms with Crippen LogP contribution in [-0.2, 0) is 11.3 Å². The summed E-state index contributed by atoms with van der Waals surface area (Å²) >= 11 is 0. The summed E-state index contributed by atoms with van der Waals surface area (Å²) in [4.78, 5) is 23.7. The van der Waals surface area contributed by atoms with Crippen LogP contribution in [-0.4, -0.2) is 36.9 Å². The van der Waals surface area contributed by atoms with Crippen LogP contribution in [0.25, 0.3) is 0 Å². The Morgan fingerprint density at radius 2 is 2.00 bits per heavy atom. The maximum Gasteiger partial charge on any atom is 0.307 e. The number of rotatable bonds is 4. The van der Waals surface area contributed by atoms with Crippen LogP contribution in [0.15, 0.2) is 12.4 Å². The predicted molar refractivity (Wildman–Crippen MR) is 115 cm³/mol. The Morgan fingerprint density at radius 1 is 1.22 bits per heavy atom. The first kappa shape index (κ1) is 22.0. The number of halogens is 1. The lowest BCUT2D eigenvalue weighted by molar-refractivity contribution is -0.385. The van der Waals surface area contributed by atoms with E-state index in [1.807, 2.05) is 6.92 Å². The molecule has 32 heavy (non-hydrogen) atoms. The fourth-order valence-corrected chi connectivity index (χ4v) is 8.31. The van der Waals surface area contributed by atoms with Crippen LogP contribution in [0.4, 0.5) is 10.1 Å². The van der Waals surface area contributed by atoms with Crippen molar-refractivity contribution in [3.63, 3.8) is 0 Å². The van der Waals surface area contributed by atoms with Crippen LogP contribution in [0.3, 0.4) is 0 Å². The number of fused-ring (bicyclic) bond motifs is 5. The van der Waals surface area contributed by atoms with Crippen LogP contribution in [0.1, 0.15) is 71.6 Å². The molecule has 0 aromatic carbocycles. The van der Waals surface area contributed by atoms with Crippen molar-refractivity contribution in [1.29, 1.82) is 0 Å². The van der Waals surface area contributed by atoms with Gasteiger partial charge in [0.15, 0.2) is 5.78 Å². The lowest BCUT2D eigenvalue weighted by Crippen LogP contribution is -2.58. The summed E-state index contributed by atoms with van der Waals surface area (Å²) in [5.41, 5.74) is -2.17. The molecule has 8 heteroatoms. The third-order valence-corrected chi connectivity index (χ3v) is 9.85. The lowest BCUT2D eigenvalue weighted by atomic mass is 9.48. The molecule has 1 aromatic rings. The molecule has 4 aliphatic rings. The minimum Gasteiger partial charge on any atom is -0.390 e. The SMILES string of the molecule is C[C@@]1(O)CC[C@@]2(F)[C@H](CC[C@H]3[C@@H]4CC[C@H](C(=O)Cn5cc([N+](=O)[O-])cn5)[C@@]4(C)CC[C@@H]32)C1. The molecule has 0 radical (unpaired) electrons. The number of carbonyl (C=O) groups excluding carboxylic acids is 1. The molecule has 5 rings (SSSR count). The fraction of sp³-hybridized carbons (Fsp3) is 0.833. The number of nitrogens with zero attached hydrogens (tertiary/aromatic N) is 3. The summed E-state index contributed by atoms with van der Waals surface area (Å²) in [5, 5.41) is 25.4. The van der Waals surface area contributed by atoms with E-state index in [1.54, 1.807) is 0 Å². The van der Waals surface area contributed by atoms with Gasteiger partial charge in [-0.25, -0.2) is 4.39 Å². The van der Waals surface area contributed by atoms with Gasteiger partial charge in [-0.15, -0.1) is 0 Å². The number of carbonyl (C=O) groups is 1. The molecule has 1 N–H and O–H groups in total. The predicted octanol–water partition coefficient (Wildman–Crippen LogP) is 4.47. The van der Waals surface area contributed by atoms with Crippen molar-refractivity contribution < 1.29 is 19.2 Å². The van der Waals surface area contributed by atoms with Crippen molar-refractivity contribution in [1.82, 2.24) is 9.78 Å². The number of nitro groups is 1. The largest absolute Gasteiger partial charge is 0.390 e. The number of alkyl halides is 1. The van der Waals surface area contributed by atoms with E-state index in [-0.39, 0.29) is 41.2 Å². The Labute approximate surface area is 187 Å². The molecule has 0 aliphatic heterocycles. The van der Waals surface area contributed by atoms with E-state index in [2.05, 4.69) is 12.0 Å². The second-order valence-electron chi connectivity index (χ2n) is 11.6. The Hall–Kier alpha value is -1.83. The molecule has 0 amide bonds. The lowest BCUT2D eigenvalue weighted by Gasteiger charge is -2.59. The molecular formula is C24H34FN3O4. The standard InChI is InChI=1S/C24H34FN3O4/c1-22(30)9-10-24(25)15(11-22)3-4-17-18-5-6-20(23(18,2)8-7-19(17)24)21(29)14-27-13-16(12-26-27)28(31)32/h12-13,15,17-20,30H,3-11,14H2,1-2H3/t15-,17+,18+,19+,20-,22-,23+,24-/m1/s1. The monoisotopic (exact) mass is 447 g/mol. The molecule has 0 saturated heterocycles. The normalized spacial score (nSPS) is 45.6. The van der Waals surface area contributed by atoms with E-state index in [0.717, 1.165) is 38.5 Å². The molecule has 4 fully saturated rings. The van der Waals surface area contributed by atoms with Crippen molar-refractivity contribution in [2.75, 3.05) is 0 Å². The van der Waals surface area contributed by atoms with Gasteiger partial charge in [0.1, 0.15) is 24.6 Å². The summed E-state index contributed by atoms with van der Waals surface area (Å²) in [7, 11) is 0. The third kappa shape index (κ3) is 3.32. The van der Waals surface area contributed by atoms with Crippen molar-refractivity contribution in [3.8, 4) is 0 Å². The van der Waals surface area contributed by atoms with E-state index >= 15 is 4.39 Å². The second kappa shape index (κ2) is 7.34. The van der Waals surface area contributed by atoms with Crippen LogP contribution in [0.2, 0.25) is 0 Å². The van der Waals surface area contributed by atoms with Gasteiger partial charge in [-0.05, 0) is 93.8 Å². The average Bonchev–Trinajstić information content (AvgIpc) is 3.32. The average molecular weight is 448 g/mol. The summed E-state index contributed by atoms with van der Waals surface area (Å²) in [5.74, 6) is 0.630.